The maximum atomic E-state index is 9.27. The van der Waals surface area contributed by atoms with Crippen LogP contribution < -0.4 is 9.47 Å². The highest BCUT2D eigenvalue weighted by Crippen LogP contribution is 2.28. The minimum atomic E-state index is -0.224. The monoisotopic (exact) mass is 250 g/mol. The maximum absolute atomic E-state index is 9.27. The van der Waals surface area contributed by atoms with Crippen LogP contribution in [0.4, 0.5) is 0 Å². The van der Waals surface area contributed by atoms with Gasteiger partial charge in [0, 0.05) is 0 Å². The fourth-order valence-electron chi connectivity index (χ4n) is 1.63. The number of hydrogen-bond donors (Lipinski definition) is 1. The first-order chi connectivity index (χ1) is 8.78. The van der Waals surface area contributed by atoms with Gasteiger partial charge in [0.1, 0.15) is 24.7 Å². The van der Waals surface area contributed by atoms with Gasteiger partial charge >= 0.3 is 0 Å². The Hall–Kier alpha value is -1.52. The highest BCUT2D eigenvalue weighted by molar-refractivity contribution is 5.31. The van der Waals surface area contributed by atoms with E-state index < -0.39 is 0 Å². The minimum absolute atomic E-state index is 0.0908. The second-order valence-corrected chi connectivity index (χ2v) is 4.51. The molecule has 1 aliphatic heterocycles. The maximum Gasteiger partial charge on any atom is 0.120 e. The molecule has 0 saturated carbocycles. The summed E-state index contributed by atoms with van der Waals surface area (Å²) in [4.78, 5) is 0. The molecule has 98 valence electrons. The average Bonchev–Trinajstić information content (AvgIpc) is 2.37. The molecule has 1 heterocycles. The van der Waals surface area contributed by atoms with E-state index >= 15 is 0 Å². The largest absolute Gasteiger partial charge is 0.493 e. The van der Waals surface area contributed by atoms with Crippen LogP contribution in [-0.2, 0) is 4.74 Å². The van der Waals surface area contributed by atoms with Crippen LogP contribution in [0.3, 0.4) is 0 Å². The molecule has 4 nitrogen and oxygen atoms in total. The Morgan fingerprint density at radius 1 is 1.22 bits per heavy atom. The molecule has 1 aromatic rings. The van der Waals surface area contributed by atoms with Gasteiger partial charge in [-0.05, 0) is 24.3 Å². The van der Waals surface area contributed by atoms with Crippen molar-refractivity contribution in [2.45, 2.75) is 0 Å². The zero-order valence-corrected chi connectivity index (χ0v) is 10.3. The first-order valence-corrected chi connectivity index (χ1v) is 5.93. The topological polar surface area (TPSA) is 47.9 Å². The molecule has 0 aromatic heterocycles. The predicted octanol–water partition coefficient (Wildman–Crippen LogP) is 1.64. The van der Waals surface area contributed by atoms with Crippen LogP contribution in [-0.4, -0.2) is 38.1 Å². The van der Waals surface area contributed by atoms with Crippen molar-refractivity contribution < 1.29 is 19.3 Å². The van der Waals surface area contributed by atoms with E-state index in [9.17, 15) is 5.11 Å². The second-order valence-electron chi connectivity index (χ2n) is 4.51. The molecule has 4 heteroatoms. The van der Waals surface area contributed by atoms with Gasteiger partial charge in [-0.1, -0.05) is 12.7 Å². The van der Waals surface area contributed by atoms with Gasteiger partial charge in [0.15, 0.2) is 0 Å². The Morgan fingerprint density at radius 3 is 2.28 bits per heavy atom. The Bertz CT molecular complexity index is 376. The summed E-state index contributed by atoms with van der Waals surface area (Å²) in [5.74, 6) is 1.55. The van der Waals surface area contributed by atoms with Crippen LogP contribution in [0, 0.1) is 5.41 Å². The summed E-state index contributed by atoms with van der Waals surface area (Å²) in [7, 11) is 0. The van der Waals surface area contributed by atoms with Crippen molar-refractivity contribution in [3.63, 3.8) is 0 Å². The predicted molar refractivity (Wildman–Crippen MR) is 68.0 cm³/mol. The lowest BCUT2D eigenvalue weighted by atomic mass is 9.88. The van der Waals surface area contributed by atoms with E-state index in [2.05, 4.69) is 6.58 Å². The Kier molecular flexibility index (Phi) is 4.23. The van der Waals surface area contributed by atoms with Gasteiger partial charge in [0.25, 0.3) is 0 Å². The fourth-order valence-corrected chi connectivity index (χ4v) is 1.63. The lowest BCUT2D eigenvalue weighted by Gasteiger charge is -2.39. The molecule has 1 aliphatic rings. The van der Waals surface area contributed by atoms with Crippen LogP contribution >= 0.6 is 0 Å². The van der Waals surface area contributed by atoms with Gasteiger partial charge in [0.2, 0.25) is 0 Å². The third kappa shape index (κ3) is 3.03. The van der Waals surface area contributed by atoms with Crippen molar-refractivity contribution >= 4 is 0 Å². The van der Waals surface area contributed by atoms with Crippen LogP contribution in [0.5, 0.6) is 11.5 Å². The Labute approximate surface area is 107 Å². The van der Waals surface area contributed by atoms with Crippen LogP contribution in [0.25, 0.3) is 0 Å². The molecule has 1 aromatic carbocycles. The molecule has 0 bridgehead atoms. The molecule has 0 atom stereocenters. The van der Waals surface area contributed by atoms with Crippen molar-refractivity contribution in [3.05, 3.63) is 36.9 Å². The van der Waals surface area contributed by atoms with Gasteiger partial charge in [-0.25, -0.2) is 0 Å². The molecule has 0 aliphatic carbocycles. The lowest BCUT2D eigenvalue weighted by molar-refractivity contribution is -0.153. The van der Waals surface area contributed by atoms with Gasteiger partial charge in [-0.3, -0.25) is 0 Å². The summed E-state index contributed by atoms with van der Waals surface area (Å²) in [5.41, 5.74) is -0.224. The summed E-state index contributed by atoms with van der Waals surface area (Å²) in [6.45, 7) is 5.76. The van der Waals surface area contributed by atoms with Gasteiger partial charge < -0.3 is 19.3 Å². The molecule has 0 amide bonds. The minimum Gasteiger partial charge on any atom is -0.493 e. The first-order valence-electron chi connectivity index (χ1n) is 5.93. The number of aliphatic hydroxyl groups excluding tert-OH is 1. The molecule has 1 saturated heterocycles. The van der Waals surface area contributed by atoms with E-state index in [1.807, 2.05) is 24.3 Å². The van der Waals surface area contributed by atoms with Crippen LogP contribution in [0.2, 0.25) is 0 Å². The summed E-state index contributed by atoms with van der Waals surface area (Å²) in [6.07, 6.45) is 1.70. The van der Waals surface area contributed by atoms with Crippen molar-refractivity contribution in [1.82, 2.24) is 0 Å². The highest BCUT2D eigenvalue weighted by Gasteiger charge is 2.39. The normalized spacial score (nSPS) is 16.7. The molecular weight excluding hydrogens is 232 g/mol. The second kappa shape index (κ2) is 5.89. The van der Waals surface area contributed by atoms with Crippen molar-refractivity contribution in [2.24, 2.45) is 5.41 Å². The van der Waals surface area contributed by atoms with E-state index in [4.69, 9.17) is 14.2 Å². The first kappa shape index (κ1) is 12.9. The van der Waals surface area contributed by atoms with E-state index in [1.54, 1.807) is 6.08 Å². The van der Waals surface area contributed by atoms with Crippen molar-refractivity contribution in [3.8, 4) is 11.5 Å². The summed E-state index contributed by atoms with van der Waals surface area (Å²) < 4.78 is 16.1. The van der Waals surface area contributed by atoms with Gasteiger partial charge in [0.05, 0.1) is 25.2 Å². The molecule has 0 spiro atoms. The lowest BCUT2D eigenvalue weighted by Crippen LogP contribution is -2.49. The van der Waals surface area contributed by atoms with E-state index in [0.29, 0.717) is 26.4 Å². The molecule has 2 rings (SSSR count). The summed E-state index contributed by atoms with van der Waals surface area (Å²) in [6, 6.07) is 7.40. The van der Waals surface area contributed by atoms with Crippen molar-refractivity contribution in [2.75, 3.05) is 33.0 Å². The number of ether oxygens (including phenoxy) is 3. The van der Waals surface area contributed by atoms with Gasteiger partial charge in [-0.2, -0.15) is 0 Å². The molecule has 0 radical (unpaired) electrons. The smallest absolute Gasteiger partial charge is 0.120 e. The highest BCUT2D eigenvalue weighted by atomic mass is 16.5. The SMILES string of the molecule is C=CCOc1ccc(OCC2(CO)COC2)cc1. The zero-order chi connectivity index (χ0) is 12.8. The molecule has 1 fully saturated rings. The molecular formula is C14H18O4. The fraction of sp³-hybridized carbons (Fsp3) is 0.429. The summed E-state index contributed by atoms with van der Waals surface area (Å²) >= 11 is 0. The Morgan fingerprint density at radius 2 is 1.83 bits per heavy atom. The van der Waals surface area contributed by atoms with Gasteiger partial charge in [-0.15, -0.1) is 0 Å². The number of aliphatic hydroxyl groups is 1. The quantitative estimate of drug-likeness (QED) is 0.747. The van der Waals surface area contributed by atoms with Crippen LogP contribution in [0.15, 0.2) is 36.9 Å². The van der Waals surface area contributed by atoms with E-state index in [0.717, 1.165) is 11.5 Å². The molecule has 1 N–H and O–H groups in total. The third-order valence-corrected chi connectivity index (χ3v) is 2.89. The zero-order valence-electron chi connectivity index (χ0n) is 10.3. The van der Waals surface area contributed by atoms with Crippen molar-refractivity contribution in [1.29, 1.82) is 0 Å². The number of benzene rings is 1. The standard InChI is InChI=1S/C14H18O4/c1-2-7-17-12-3-5-13(6-4-12)18-11-14(8-15)9-16-10-14/h2-6,15H,1,7-11H2. The van der Waals surface area contributed by atoms with E-state index in [-0.39, 0.29) is 12.0 Å². The molecule has 18 heavy (non-hydrogen) atoms. The summed E-state index contributed by atoms with van der Waals surface area (Å²) in [5, 5.41) is 9.27. The number of hydrogen-bond acceptors (Lipinski definition) is 4. The van der Waals surface area contributed by atoms with E-state index in [1.165, 1.54) is 0 Å². The van der Waals surface area contributed by atoms with Crippen LogP contribution in [0.1, 0.15) is 0 Å². The average molecular weight is 250 g/mol. The molecule has 0 unspecified atom stereocenters. The Balaban J connectivity index is 1.84. The third-order valence-electron chi connectivity index (χ3n) is 2.89. The number of rotatable bonds is 7.